The minimum absolute atomic E-state index is 0. The number of benzene rings is 3. The summed E-state index contributed by atoms with van der Waals surface area (Å²) in [6.45, 7) is 10.4. The Morgan fingerprint density at radius 1 is 0.881 bits per heavy atom. The molecule has 0 spiro atoms. The van der Waals surface area contributed by atoms with Gasteiger partial charge in [-0.15, -0.1) is 0 Å². The van der Waals surface area contributed by atoms with Gasteiger partial charge < -0.3 is 14.7 Å². The summed E-state index contributed by atoms with van der Waals surface area (Å²) in [4.78, 5) is 5.49. The van der Waals surface area contributed by atoms with Crippen molar-refractivity contribution in [2.75, 3.05) is 29.5 Å². The zero-order valence-electron chi connectivity index (χ0n) is 34.7. The number of unbranched alkanes of at least 4 members (excludes halogenated alkanes) is 1. The number of nitrogens with zero attached hydrogens (tertiary/aromatic N) is 3. The van der Waals surface area contributed by atoms with E-state index in [2.05, 4.69) is 131 Å². The van der Waals surface area contributed by atoms with Crippen molar-refractivity contribution in [1.82, 2.24) is 0 Å². The van der Waals surface area contributed by atoms with E-state index in [-0.39, 0.29) is 75.7 Å². The summed E-state index contributed by atoms with van der Waals surface area (Å²) in [5.74, 6) is 0.250. The van der Waals surface area contributed by atoms with E-state index >= 15 is 0 Å². The summed E-state index contributed by atoms with van der Waals surface area (Å²) in [5.41, 5.74) is 9.07. The number of thiocyanates is 1. The van der Waals surface area contributed by atoms with Crippen molar-refractivity contribution in [1.29, 1.82) is 5.26 Å². The van der Waals surface area contributed by atoms with E-state index in [4.69, 9.17) is 0 Å². The second-order valence-electron chi connectivity index (χ2n) is 15.3. The second-order valence-corrected chi connectivity index (χ2v) is 19.6. The Morgan fingerprint density at radius 3 is 2.29 bits per heavy atom. The smallest absolute Gasteiger partial charge is 0.748 e. The molecule has 6 rings (SSSR count). The SMILES string of the molecule is CC1(C)C(/C=C/C2=C(Sc3ccc(SC#N)cc3)C(=C/C=C3/N(CCCCS(=O)(=O)[O-])c4ccccc4C3(C)C)/CCC2)=[N+](CCCSOO[O-])c2ccccc21.[Na+].[Na+]. The van der Waals surface area contributed by atoms with Crippen molar-refractivity contribution in [2.45, 2.75) is 86.8 Å². The molecule has 0 fully saturated rings. The van der Waals surface area contributed by atoms with Gasteiger partial charge in [-0.05, 0) is 111 Å². The first-order valence-corrected chi connectivity index (χ1v) is 23.3. The summed E-state index contributed by atoms with van der Waals surface area (Å²) in [6, 6.07) is 25.1. The first-order chi connectivity index (χ1) is 27.3. The number of nitriles is 1. The molecule has 9 nitrogen and oxygen atoms in total. The predicted octanol–water partition coefficient (Wildman–Crippen LogP) is 3.63. The first-order valence-electron chi connectivity index (χ1n) is 19.1. The van der Waals surface area contributed by atoms with Crippen LogP contribution in [-0.4, -0.2) is 47.9 Å². The average molecular weight is 889 g/mol. The van der Waals surface area contributed by atoms with Gasteiger partial charge in [0.15, 0.2) is 5.71 Å². The van der Waals surface area contributed by atoms with Crippen molar-refractivity contribution in [3.05, 3.63) is 130 Å². The van der Waals surface area contributed by atoms with Gasteiger partial charge in [0, 0.05) is 85.7 Å². The predicted molar refractivity (Wildman–Crippen MR) is 229 cm³/mol. The zero-order valence-corrected chi connectivity index (χ0v) is 42.0. The minimum Gasteiger partial charge on any atom is -0.748 e. The van der Waals surface area contributed by atoms with Crippen LogP contribution in [-0.2, 0) is 30.3 Å². The molecule has 2 aliphatic heterocycles. The van der Waals surface area contributed by atoms with Crippen molar-refractivity contribution in [3.63, 3.8) is 0 Å². The van der Waals surface area contributed by atoms with Crippen molar-refractivity contribution in [3.8, 4) is 5.40 Å². The molecule has 0 N–H and O–H groups in total. The topological polar surface area (TPSA) is 129 Å². The van der Waals surface area contributed by atoms with Crippen LogP contribution >= 0.6 is 35.6 Å². The van der Waals surface area contributed by atoms with E-state index in [0.717, 1.165) is 77.2 Å². The number of fused-ring (bicyclic) bond motifs is 2. The number of rotatable bonds is 17. The van der Waals surface area contributed by atoms with Crippen molar-refractivity contribution in [2.24, 2.45) is 0 Å². The fourth-order valence-electron chi connectivity index (χ4n) is 8.10. The van der Waals surface area contributed by atoms with Crippen LogP contribution in [0.1, 0.15) is 77.3 Å². The summed E-state index contributed by atoms with van der Waals surface area (Å²) in [6.07, 6.45) is 13.6. The molecule has 0 unspecified atom stereocenters. The van der Waals surface area contributed by atoms with Gasteiger partial charge >= 0.3 is 59.1 Å². The summed E-state index contributed by atoms with van der Waals surface area (Å²) in [5, 5.41) is 25.3. The fraction of sp³-hybridized carbons (Fsp3) is 0.364. The molecule has 0 aromatic heterocycles. The Bertz CT molecular complexity index is 2270. The summed E-state index contributed by atoms with van der Waals surface area (Å²) in [7, 11) is -4.27. The van der Waals surface area contributed by atoms with Gasteiger partial charge in [0.1, 0.15) is 11.9 Å². The molecule has 3 aliphatic rings. The van der Waals surface area contributed by atoms with Crippen LogP contribution in [0.5, 0.6) is 0 Å². The van der Waals surface area contributed by atoms with Gasteiger partial charge in [-0.25, -0.2) is 8.42 Å². The molecule has 0 radical (unpaired) electrons. The molecule has 0 saturated heterocycles. The molecular formula is C44H48N3Na2O6S4+. The molecule has 0 bridgehead atoms. The summed E-state index contributed by atoms with van der Waals surface area (Å²) >= 11 is 3.91. The monoisotopic (exact) mass is 888 g/mol. The molecule has 15 heteroatoms. The third-order valence-corrected chi connectivity index (χ3v) is 14.1. The van der Waals surface area contributed by atoms with Gasteiger partial charge in [-0.1, -0.05) is 74.2 Å². The Hall–Kier alpha value is -1.58. The average Bonchev–Trinajstić information content (AvgIpc) is 3.53. The van der Waals surface area contributed by atoms with E-state index in [9.17, 15) is 23.5 Å². The third kappa shape index (κ3) is 12.3. The molecule has 1 aliphatic carbocycles. The number of hydrogen-bond acceptors (Lipinski definition) is 11. The molecule has 300 valence electrons. The van der Waals surface area contributed by atoms with Crippen LogP contribution in [0.2, 0.25) is 0 Å². The molecule has 59 heavy (non-hydrogen) atoms. The Morgan fingerprint density at radius 2 is 1.58 bits per heavy atom. The van der Waals surface area contributed by atoms with Crippen LogP contribution in [0.3, 0.4) is 0 Å². The maximum Gasteiger partial charge on any atom is 1.00 e. The number of para-hydroxylation sites is 2. The van der Waals surface area contributed by atoms with Crippen molar-refractivity contribution >= 4 is 62.8 Å². The van der Waals surface area contributed by atoms with E-state index in [1.165, 1.54) is 38.6 Å². The number of thioether (sulfide) groups is 2. The van der Waals surface area contributed by atoms with Gasteiger partial charge in [-0.2, -0.15) is 14.2 Å². The number of anilines is 1. The Kier molecular flexibility index (Phi) is 19.2. The van der Waals surface area contributed by atoms with Crippen LogP contribution in [0, 0.1) is 10.7 Å². The molecule has 3 aromatic carbocycles. The van der Waals surface area contributed by atoms with Gasteiger partial charge in [0.05, 0.1) is 15.5 Å². The van der Waals surface area contributed by atoms with E-state index in [0.29, 0.717) is 25.1 Å². The van der Waals surface area contributed by atoms with Crippen LogP contribution in [0.15, 0.2) is 129 Å². The van der Waals surface area contributed by atoms with E-state index in [1.807, 2.05) is 18.2 Å². The first kappa shape index (κ1) is 50.1. The molecule has 0 saturated carbocycles. The quantitative estimate of drug-likeness (QED) is 0.0227. The van der Waals surface area contributed by atoms with E-state index in [1.54, 1.807) is 11.8 Å². The number of allylic oxidation sites excluding steroid dienone is 7. The molecule has 3 aromatic rings. The maximum atomic E-state index is 11.4. The molecule has 0 amide bonds. The normalized spacial score (nSPS) is 18.2. The van der Waals surface area contributed by atoms with Gasteiger partial charge in [0.25, 0.3) is 0 Å². The van der Waals surface area contributed by atoms with Gasteiger partial charge in [0.2, 0.25) is 5.69 Å². The number of hydrogen-bond donors (Lipinski definition) is 0. The van der Waals surface area contributed by atoms with Gasteiger partial charge in [-0.3, -0.25) is 5.04 Å². The molecular weight excluding hydrogens is 841 g/mol. The zero-order chi connectivity index (χ0) is 40.6. The Labute approximate surface area is 406 Å². The standard InChI is InChI=1S/C44H49N3O6S4.2Na/c1-43(2)36-15-5-7-17-38(36)46(27-9-10-30-57(49,50)51)40(43)25-19-32-13-11-14-33(42(32)56-35-23-21-34(22-24-35)54-31-45)20-26-41-44(3,4)37-16-6-8-18-39(37)47(41)28-12-29-55-53-52-48;;/h5-8,15-26H,9-14,27-30H2,1-4H3,(H-,48,49,50,51);;/q;2*+1/p-1. The third-order valence-electron chi connectivity index (χ3n) is 10.9. The summed E-state index contributed by atoms with van der Waals surface area (Å²) < 4.78 is 41.0. The molecule has 2 heterocycles. The van der Waals surface area contributed by atoms with Crippen LogP contribution in [0.4, 0.5) is 11.4 Å². The van der Waals surface area contributed by atoms with Crippen molar-refractivity contribution < 1.29 is 91.3 Å². The van der Waals surface area contributed by atoms with E-state index < -0.39 is 10.1 Å². The largest absolute Gasteiger partial charge is 1.00 e. The maximum absolute atomic E-state index is 11.4. The van der Waals surface area contributed by atoms with Crippen LogP contribution in [0.25, 0.3) is 0 Å². The van der Waals surface area contributed by atoms with Crippen LogP contribution < -0.4 is 69.3 Å². The fourth-order valence-corrected chi connectivity index (χ4v) is 10.5. The Balaban J connectivity index is 0.00000384. The minimum atomic E-state index is -4.27. The molecule has 0 atom stereocenters. The second kappa shape index (κ2) is 22.7.